The Morgan fingerprint density at radius 3 is 2.67 bits per heavy atom. The minimum Gasteiger partial charge on any atom is -0.311 e. The van der Waals surface area contributed by atoms with Crippen molar-refractivity contribution >= 4 is 15.9 Å². The minimum absolute atomic E-state index is 0.195. The molecule has 0 radical (unpaired) electrons. The Morgan fingerprint density at radius 2 is 2.11 bits per heavy atom. The molecule has 1 aromatic heterocycles. The number of aromatic nitrogens is 3. The molecule has 0 saturated heterocycles. The molecule has 0 saturated carbocycles. The normalized spacial score (nSPS) is 12.7. The maximum absolute atomic E-state index is 4.04. The Bertz CT molecular complexity index is 516. The number of hydrogen-bond acceptors (Lipinski definition) is 3. The van der Waals surface area contributed by atoms with Gasteiger partial charge < -0.3 is 5.32 Å². The van der Waals surface area contributed by atoms with E-state index in [0.717, 1.165) is 16.7 Å². The van der Waals surface area contributed by atoms with Gasteiger partial charge in [-0.25, -0.2) is 4.68 Å². The summed E-state index contributed by atoms with van der Waals surface area (Å²) in [5.41, 5.74) is 3.72. The maximum atomic E-state index is 4.04. The van der Waals surface area contributed by atoms with Gasteiger partial charge in [-0.15, -0.1) is 5.10 Å². The highest BCUT2D eigenvalue weighted by Gasteiger charge is 2.19. The zero-order chi connectivity index (χ0) is 13.1. The van der Waals surface area contributed by atoms with Gasteiger partial charge in [0.2, 0.25) is 0 Å². The molecule has 0 aliphatic heterocycles. The molecular formula is C13H17BrN4. The van der Waals surface area contributed by atoms with Gasteiger partial charge in [-0.2, -0.15) is 0 Å². The van der Waals surface area contributed by atoms with Crippen LogP contribution in [0.4, 0.5) is 0 Å². The largest absolute Gasteiger partial charge is 0.311 e. The maximum Gasteiger partial charge on any atom is 0.153 e. The Labute approximate surface area is 116 Å². The molecule has 0 spiro atoms. The van der Waals surface area contributed by atoms with Crippen LogP contribution < -0.4 is 5.32 Å². The van der Waals surface area contributed by atoms with Gasteiger partial charge in [0, 0.05) is 7.05 Å². The summed E-state index contributed by atoms with van der Waals surface area (Å²) in [5, 5.41) is 11.4. The van der Waals surface area contributed by atoms with Crippen LogP contribution in [0.1, 0.15) is 22.9 Å². The zero-order valence-electron chi connectivity index (χ0n) is 10.8. The van der Waals surface area contributed by atoms with Crippen LogP contribution in [0.15, 0.2) is 28.9 Å². The fraction of sp³-hybridized carbons (Fsp3) is 0.385. The van der Waals surface area contributed by atoms with E-state index in [2.05, 4.69) is 62.7 Å². The average molecular weight is 309 g/mol. The smallest absolute Gasteiger partial charge is 0.153 e. The molecule has 4 nitrogen and oxygen atoms in total. The molecule has 1 heterocycles. The number of likely N-dealkylation sites (N-methyl/N-ethyl adjacent to an activating group) is 1. The first kappa shape index (κ1) is 13.2. The molecule has 2 aromatic rings. The molecule has 1 N–H and O–H groups in total. The molecule has 1 unspecified atom stereocenters. The van der Waals surface area contributed by atoms with E-state index in [4.69, 9.17) is 0 Å². The summed E-state index contributed by atoms with van der Waals surface area (Å²) in [4.78, 5) is 0. The van der Waals surface area contributed by atoms with Crippen LogP contribution in [0.3, 0.4) is 0 Å². The van der Waals surface area contributed by atoms with E-state index in [9.17, 15) is 0 Å². The van der Waals surface area contributed by atoms with Crippen LogP contribution >= 0.6 is 15.9 Å². The van der Waals surface area contributed by atoms with Gasteiger partial charge in [0.15, 0.2) is 4.60 Å². The van der Waals surface area contributed by atoms with Gasteiger partial charge in [-0.05, 0) is 47.4 Å². The van der Waals surface area contributed by atoms with Crippen molar-refractivity contribution in [3.8, 4) is 0 Å². The van der Waals surface area contributed by atoms with Gasteiger partial charge in [-0.1, -0.05) is 29.5 Å². The summed E-state index contributed by atoms with van der Waals surface area (Å²) in [6.45, 7) is 2.14. The van der Waals surface area contributed by atoms with Gasteiger partial charge in [0.05, 0.1) is 11.7 Å². The number of rotatable bonds is 4. The van der Waals surface area contributed by atoms with Crippen LogP contribution in [0, 0.1) is 6.92 Å². The summed E-state index contributed by atoms with van der Waals surface area (Å²) < 4.78 is 2.61. The highest BCUT2D eigenvalue weighted by Crippen LogP contribution is 2.24. The van der Waals surface area contributed by atoms with Crippen LogP contribution in [-0.4, -0.2) is 22.0 Å². The first-order valence-corrected chi connectivity index (χ1v) is 6.69. The first-order chi connectivity index (χ1) is 8.63. The third kappa shape index (κ3) is 2.62. The lowest BCUT2D eigenvalue weighted by molar-refractivity contribution is 0.532. The van der Waals surface area contributed by atoms with Crippen LogP contribution in [0.25, 0.3) is 0 Å². The first-order valence-electron chi connectivity index (χ1n) is 5.90. The lowest BCUT2D eigenvalue weighted by Gasteiger charge is -2.17. The van der Waals surface area contributed by atoms with E-state index >= 15 is 0 Å². The summed E-state index contributed by atoms with van der Waals surface area (Å²) in [6.07, 6.45) is 0.920. The number of benzene rings is 1. The summed E-state index contributed by atoms with van der Waals surface area (Å²) >= 11 is 3.46. The predicted octanol–water partition coefficient (Wildman–Crippen LogP) is 2.39. The van der Waals surface area contributed by atoms with Gasteiger partial charge in [-0.3, -0.25) is 0 Å². The number of hydrogen-bond donors (Lipinski definition) is 1. The van der Waals surface area contributed by atoms with E-state index in [-0.39, 0.29) is 6.04 Å². The fourth-order valence-electron chi connectivity index (χ4n) is 2.10. The van der Waals surface area contributed by atoms with E-state index in [0.29, 0.717) is 0 Å². The molecule has 2 rings (SSSR count). The Hall–Kier alpha value is -1.20. The Balaban J connectivity index is 2.28. The van der Waals surface area contributed by atoms with Crippen molar-refractivity contribution in [1.29, 1.82) is 0 Å². The second-order valence-electron chi connectivity index (χ2n) is 4.36. The molecule has 18 heavy (non-hydrogen) atoms. The summed E-state index contributed by atoms with van der Waals surface area (Å²) in [5.74, 6) is 0. The summed E-state index contributed by atoms with van der Waals surface area (Å²) in [7, 11) is 3.87. The van der Waals surface area contributed by atoms with E-state index in [1.54, 1.807) is 0 Å². The topological polar surface area (TPSA) is 42.7 Å². The lowest BCUT2D eigenvalue weighted by atomic mass is 9.99. The van der Waals surface area contributed by atoms with Crippen molar-refractivity contribution < 1.29 is 0 Å². The van der Waals surface area contributed by atoms with Crippen molar-refractivity contribution in [1.82, 2.24) is 20.3 Å². The molecule has 0 bridgehead atoms. The van der Waals surface area contributed by atoms with Crippen molar-refractivity contribution in [3.63, 3.8) is 0 Å². The molecule has 0 fully saturated rings. The third-order valence-electron chi connectivity index (χ3n) is 3.19. The van der Waals surface area contributed by atoms with E-state index in [1.807, 2.05) is 18.8 Å². The highest BCUT2D eigenvalue weighted by atomic mass is 79.9. The monoisotopic (exact) mass is 308 g/mol. The quantitative estimate of drug-likeness (QED) is 0.943. The van der Waals surface area contributed by atoms with Crippen LogP contribution in [0.5, 0.6) is 0 Å². The predicted molar refractivity (Wildman–Crippen MR) is 75.4 cm³/mol. The van der Waals surface area contributed by atoms with Gasteiger partial charge in [0.25, 0.3) is 0 Å². The van der Waals surface area contributed by atoms with Gasteiger partial charge >= 0.3 is 0 Å². The Morgan fingerprint density at radius 1 is 1.39 bits per heavy atom. The van der Waals surface area contributed by atoms with Crippen molar-refractivity contribution in [2.75, 3.05) is 7.05 Å². The molecule has 5 heteroatoms. The second kappa shape index (κ2) is 5.63. The molecule has 1 atom stereocenters. The molecule has 96 valence electrons. The van der Waals surface area contributed by atoms with E-state index < -0.39 is 0 Å². The SMILES string of the molecule is CNC(Cc1ccccc1C)c1c(Br)nnn1C. The number of nitrogens with zero attached hydrogens (tertiary/aromatic N) is 3. The highest BCUT2D eigenvalue weighted by molar-refractivity contribution is 9.10. The Kier molecular flexibility index (Phi) is 4.14. The molecule has 0 aliphatic carbocycles. The number of halogens is 1. The van der Waals surface area contributed by atoms with Crippen LogP contribution in [-0.2, 0) is 13.5 Å². The minimum atomic E-state index is 0.195. The fourth-order valence-corrected chi connectivity index (χ4v) is 2.71. The van der Waals surface area contributed by atoms with E-state index in [1.165, 1.54) is 11.1 Å². The molecule has 0 aliphatic rings. The molecule has 0 amide bonds. The van der Waals surface area contributed by atoms with Crippen LogP contribution in [0.2, 0.25) is 0 Å². The number of aryl methyl sites for hydroxylation is 2. The average Bonchev–Trinajstić information content (AvgIpc) is 2.69. The van der Waals surface area contributed by atoms with Crippen molar-refractivity contribution in [2.24, 2.45) is 7.05 Å². The van der Waals surface area contributed by atoms with Crippen molar-refractivity contribution in [2.45, 2.75) is 19.4 Å². The zero-order valence-corrected chi connectivity index (χ0v) is 12.4. The second-order valence-corrected chi connectivity index (χ2v) is 5.11. The summed E-state index contributed by atoms with van der Waals surface area (Å²) in [6, 6.07) is 8.64. The number of nitrogens with one attached hydrogen (secondary N) is 1. The van der Waals surface area contributed by atoms with Gasteiger partial charge in [0.1, 0.15) is 0 Å². The van der Waals surface area contributed by atoms with Crippen molar-refractivity contribution in [3.05, 3.63) is 45.7 Å². The molecular weight excluding hydrogens is 292 g/mol. The standard InChI is InChI=1S/C13H17BrN4/c1-9-6-4-5-7-10(9)8-11(15-2)12-13(14)16-17-18(12)3/h4-7,11,15H,8H2,1-3H3. The third-order valence-corrected chi connectivity index (χ3v) is 3.76. The molecule has 1 aromatic carbocycles. The lowest BCUT2D eigenvalue weighted by Crippen LogP contribution is -2.22.